The number of halogens is 4. The normalized spacial score (nSPS) is 16.0. The molecule has 2 rings (SSSR count). The molecule has 108 valence electrons. The van der Waals surface area contributed by atoms with Crippen LogP contribution in [0.5, 0.6) is 0 Å². The molecule has 1 N–H and O–H groups in total. The van der Waals surface area contributed by atoms with E-state index in [4.69, 9.17) is 5.53 Å². The van der Waals surface area contributed by atoms with E-state index in [1.54, 1.807) is 4.90 Å². The Morgan fingerprint density at radius 3 is 2.10 bits per heavy atom. The molecule has 0 atom stereocenters. The molecule has 0 bridgehead atoms. The summed E-state index contributed by atoms with van der Waals surface area (Å²) in [7, 11) is 0. The zero-order valence-corrected chi connectivity index (χ0v) is 10.3. The van der Waals surface area contributed by atoms with E-state index < -0.39 is 34.5 Å². The minimum Gasteiger partial charge on any atom is -0.314 e. The smallest absolute Gasteiger partial charge is 0.171 e. The molecule has 9 heteroatoms. The number of piperazine rings is 1. The maximum absolute atomic E-state index is 13.8. The Kier molecular flexibility index (Phi) is 4.43. The fourth-order valence-corrected chi connectivity index (χ4v) is 2.03. The Morgan fingerprint density at radius 2 is 1.60 bits per heavy atom. The average molecular weight is 289 g/mol. The molecule has 1 fully saturated rings. The van der Waals surface area contributed by atoms with Crippen molar-refractivity contribution < 1.29 is 17.6 Å². The molecule has 1 aliphatic heterocycles. The molecule has 0 aromatic heterocycles. The number of nitrogens with one attached hydrogen (secondary N) is 1. The Hall–Kier alpha value is -1.83. The number of rotatable bonds is 3. The van der Waals surface area contributed by atoms with Gasteiger partial charge in [0.15, 0.2) is 23.3 Å². The summed E-state index contributed by atoms with van der Waals surface area (Å²) in [5, 5.41) is 5.69. The number of nitrogens with zero attached hydrogens (tertiary/aromatic N) is 4. The van der Waals surface area contributed by atoms with Crippen LogP contribution in [0, 0.1) is 23.3 Å². The van der Waals surface area contributed by atoms with E-state index in [2.05, 4.69) is 15.3 Å². The lowest BCUT2D eigenvalue weighted by Gasteiger charge is -2.27. The minimum absolute atomic E-state index is 0.246. The average Bonchev–Trinajstić information content (AvgIpc) is 2.47. The molecule has 0 unspecified atom stereocenters. The molecule has 0 radical (unpaired) electrons. The van der Waals surface area contributed by atoms with E-state index in [0.717, 1.165) is 0 Å². The molecular weight excluding hydrogens is 278 g/mol. The van der Waals surface area contributed by atoms with Crippen molar-refractivity contribution in [1.82, 2.24) is 10.2 Å². The molecule has 0 amide bonds. The third-order valence-corrected chi connectivity index (χ3v) is 3.07. The fourth-order valence-electron chi connectivity index (χ4n) is 2.03. The summed E-state index contributed by atoms with van der Waals surface area (Å²) < 4.78 is 54.7. The number of hydrogen-bond acceptors (Lipinski definition) is 3. The first-order valence-corrected chi connectivity index (χ1v) is 5.89. The van der Waals surface area contributed by atoms with Gasteiger partial charge in [-0.05, 0) is 5.53 Å². The molecule has 0 saturated carbocycles. The van der Waals surface area contributed by atoms with Gasteiger partial charge in [-0.1, -0.05) is 5.11 Å². The van der Waals surface area contributed by atoms with Crippen molar-refractivity contribution in [1.29, 1.82) is 0 Å². The monoisotopic (exact) mass is 289 g/mol. The van der Waals surface area contributed by atoms with Crippen molar-refractivity contribution in [2.24, 2.45) is 5.11 Å². The Balaban J connectivity index is 2.40. The van der Waals surface area contributed by atoms with E-state index in [1.807, 2.05) is 0 Å². The van der Waals surface area contributed by atoms with Crippen LogP contribution in [0.2, 0.25) is 0 Å². The third-order valence-electron chi connectivity index (χ3n) is 3.07. The second-order valence-corrected chi connectivity index (χ2v) is 4.30. The highest BCUT2D eigenvalue weighted by molar-refractivity contribution is 5.44. The van der Waals surface area contributed by atoms with Crippen molar-refractivity contribution in [3.05, 3.63) is 39.3 Å². The first-order chi connectivity index (χ1) is 9.56. The van der Waals surface area contributed by atoms with Crippen LogP contribution in [-0.2, 0) is 6.54 Å². The van der Waals surface area contributed by atoms with Crippen LogP contribution in [0.3, 0.4) is 0 Å². The molecule has 0 aliphatic carbocycles. The predicted octanol–water partition coefficient (Wildman–Crippen LogP) is 2.59. The molecule has 0 spiro atoms. The largest absolute Gasteiger partial charge is 0.314 e. The topological polar surface area (TPSA) is 64.0 Å². The van der Waals surface area contributed by atoms with Crippen molar-refractivity contribution in [2.75, 3.05) is 26.2 Å². The summed E-state index contributed by atoms with van der Waals surface area (Å²) in [6.45, 7) is 2.04. The molecule has 1 aromatic rings. The van der Waals surface area contributed by atoms with Crippen LogP contribution >= 0.6 is 0 Å². The van der Waals surface area contributed by atoms with Crippen molar-refractivity contribution in [3.63, 3.8) is 0 Å². The highest BCUT2D eigenvalue weighted by Gasteiger charge is 2.26. The number of hydrogen-bond donors (Lipinski definition) is 1. The summed E-state index contributed by atoms with van der Waals surface area (Å²) in [6.07, 6.45) is 0. The lowest BCUT2D eigenvalue weighted by Crippen LogP contribution is -2.43. The van der Waals surface area contributed by atoms with Gasteiger partial charge in [0.2, 0.25) is 0 Å². The van der Waals surface area contributed by atoms with Crippen LogP contribution < -0.4 is 5.32 Å². The third kappa shape index (κ3) is 2.69. The van der Waals surface area contributed by atoms with Crippen LogP contribution in [0.1, 0.15) is 5.56 Å². The maximum atomic E-state index is 13.8. The standard InChI is InChI=1S/C11H11F4N5/c12-7-6(5-20-3-1-17-2-4-20)8(13)10(15)11(9(7)14)18-19-16/h17H,1-5H2. The van der Waals surface area contributed by atoms with Crippen LogP contribution in [-0.4, -0.2) is 31.1 Å². The quantitative estimate of drug-likeness (QED) is 0.305. The van der Waals surface area contributed by atoms with Crippen molar-refractivity contribution in [2.45, 2.75) is 6.54 Å². The fraction of sp³-hybridized carbons (Fsp3) is 0.455. The molecule has 1 saturated heterocycles. The summed E-state index contributed by atoms with van der Waals surface area (Å²) >= 11 is 0. The lowest BCUT2D eigenvalue weighted by molar-refractivity contribution is 0.225. The van der Waals surface area contributed by atoms with Crippen molar-refractivity contribution >= 4 is 5.69 Å². The summed E-state index contributed by atoms with van der Waals surface area (Å²) in [4.78, 5) is 3.82. The summed E-state index contributed by atoms with van der Waals surface area (Å²) in [5.74, 6) is -6.40. The number of benzene rings is 1. The van der Waals surface area contributed by atoms with Gasteiger partial charge in [0.05, 0.1) is 0 Å². The first kappa shape index (κ1) is 14.6. The SMILES string of the molecule is [N-]=[N+]=Nc1c(F)c(F)c(CN2CCNCC2)c(F)c1F. The lowest BCUT2D eigenvalue weighted by atomic mass is 10.1. The Labute approximate surface area is 111 Å². The Morgan fingerprint density at radius 1 is 1.05 bits per heavy atom. The summed E-state index contributed by atoms with van der Waals surface area (Å²) in [6, 6.07) is 0. The maximum Gasteiger partial charge on any atom is 0.171 e. The molecule has 5 nitrogen and oxygen atoms in total. The van der Waals surface area contributed by atoms with Gasteiger partial charge in [0.1, 0.15) is 5.69 Å². The van der Waals surface area contributed by atoms with Crippen LogP contribution in [0.4, 0.5) is 23.2 Å². The van der Waals surface area contributed by atoms with E-state index in [1.165, 1.54) is 0 Å². The molecule has 1 aromatic carbocycles. The molecule has 1 heterocycles. The second-order valence-electron chi connectivity index (χ2n) is 4.30. The van der Waals surface area contributed by atoms with Gasteiger partial charge in [-0.25, -0.2) is 17.6 Å². The molecule has 1 aliphatic rings. The summed E-state index contributed by atoms with van der Waals surface area (Å²) in [5.41, 5.74) is 6.16. The highest BCUT2D eigenvalue weighted by atomic mass is 19.2. The van der Waals surface area contributed by atoms with Gasteiger partial charge >= 0.3 is 0 Å². The highest BCUT2D eigenvalue weighted by Crippen LogP contribution is 2.31. The van der Waals surface area contributed by atoms with Crippen LogP contribution in [0.15, 0.2) is 5.11 Å². The Bertz CT molecular complexity index is 535. The van der Waals surface area contributed by atoms with E-state index >= 15 is 0 Å². The molecule has 20 heavy (non-hydrogen) atoms. The van der Waals surface area contributed by atoms with Gasteiger partial charge in [-0.15, -0.1) is 0 Å². The van der Waals surface area contributed by atoms with E-state index in [-0.39, 0.29) is 6.54 Å². The van der Waals surface area contributed by atoms with Crippen LogP contribution in [0.25, 0.3) is 10.4 Å². The molecular formula is C11H11F4N5. The number of azide groups is 1. The van der Waals surface area contributed by atoms with Gasteiger partial charge in [0.25, 0.3) is 0 Å². The first-order valence-electron chi connectivity index (χ1n) is 5.89. The van der Waals surface area contributed by atoms with Gasteiger partial charge < -0.3 is 5.32 Å². The second kappa shape index (κ2) is 6.08. The van der Waals surface area contributed by atoms with Crippen molar-refractivity contribution in [3.8, 4) is 0 Å². The van der Waals surface area contributed by atoms with E-state index in [0.29, 0.717) is 26.2 Å². The predicted molar refractivity (Wildman–Crippen MR) is 63.2 cm³/mol. The van der Waals surface area contributed by atoms with Gasteiger partial charge in [-0.2, -0.15) is 0 Å². The van der Waals surface area contributed by atoms with Gasteiger partial charge in [-0.3, -0.25) is 4.90 Å². The zero-order chi connectivity index (χ0) is 14.7. The minimum atomic E-state index is -1.67. The van der Waals surface area contributed by atoms with E-state index in [9.17, 15) is 17.6 Å². The van der Waals surface area contributed by atoms with Gasteiger partial charge in [0, 0.05) is 43.2 Å². The zero-order valence-electron chi connectivity index (χ0n) is 10.3.